The maximum Gasteiger partial charge on any atom is 0.266 e. The van der Waals surface area contributed by atoms with Crippen LogP contribution in [0.2, 0.25) is 10.0 Å². The summed E-state index contributed by atoms with van der Waals surface area (Å²) < 4.78 is 2.67. The highest BCUT2D eigenvalue weighted by Crippen LogP contribution is 2.30. The molecule has 0 aliphatic carbocycles. The number of nitrogens with zero attached hydrogens (tertiary/aromatic N) is 4. The van der Waals surface area contributed by atoms with Gasteiger partial charge in [-0.3, -0.25) is 19.1 Å². The van der Waals surface area contributed by atoms with Crippen LogP contribution in [0.5, 0.6) is 0 Å². The van der Waals surface area contributed by atoms with E-state index < -0.39 is 0 Å². The number of carbonyl (C=O) groups excluding carboxylic acids is 1. The topological polar surface area (TPSA) is 58.4 Å². The minimum absolute atomic E-state index is 0.0645. The maximum absolute atomic E-state index is 13.8. The molecule has 1 saturated heterocycles. The Morgan fingerprint density at radius 2 is 1.82 bits per heavy atom. The Labute approximate surface area is 239 Å². The number of para-hydroxylation sites is 1. The quantitative estimate of drug-likeness (QED) is 0.250. The molecule has 1 fully saturated rings. The van der Waals surface area contributed by atoms with Gasteiger partial charge in [-0.05, 0) is 67.9 Å². The van der Waals surface area contributed by atoms with Crippen LogP contribution in [0.1, 0.15) is 42.5 Å². The minimum atomic E-state index is -0.116. The molecule has 1 aliphatic rings. The molecule has 0 spiro atoms. The Kier molecular flexibility index (Phi) is 7.91. The predicted molar refractivity (Wildman–Crippen MR) is 157 cm³/mol. The van der Waals surface area contributed by atoms with Crippen molar-refractivity contribution in [3.05, 3.63) is 103 Å². The summed E-state index contributed by atoms with van der Waals surface area (Å²) in [6, 6.07) is 19.9. The van der Waals surface area contributed by atoms with Gasteiger partial charge in [0.15, 0.2) is 0 Å². The highest BCUT2D eigenvalue weighted by Gasteiger charge is 2.34. The number of halogens is 3. The second-order valence-corrected chi connectivity index (χ2v) is 11.3. The summed E-state index contributed by atoms with van der Waals surface area (Å²) in [7, 11) is 0. The molecule has 1 amide bonds. The summed E-state index contributed by atoms with van der Waals surface area (Å²) in [5.74, 6) is 0.591. The SMILES string of the molecule is CCC(c1nc2ccccc2c(=O)n1-c1ccc(Br)cc1)N1CCN(C(=O)c2ccc(Cl)cc2Cl)C(C)C1. The van der Waals surface area contributed by atoms with Crippen molar-refractivity contribution in [3.63, 3.8) is 0 Å². The van der Waals surface area contributed by atoms with E-state index in [1.807, 2.05) is 60.4 Å². The first-order valence-electron chi connectivity index (χ1n) is 12.6. The molecule has 0 bridgehead atoms. The number of aromatic nitrogens is 2. The molecule has 0 saturated carbocycles. The van der Waals surface area contributed by atoms with E-state index in [0.29, 0.717) is 52.0 Å². The first kappa shape index (κ1) is 26.9. The summed E-state index contributed by atoms with van der Waals surface area (Å²) in [5.41, 5.74) is 1.80. The monoisotopic (exact) mass is 612 g/mol. The number of hydrogen-bond donors (Lipinski definition) is 0. The van der Waals surface area contributed by atoms with E-state index in [1.165, 1.54) is 0 Å². The smallest absolute Gasteiger partial charge is 0.266 e. The first-order chi connectivity index (χ1) is 18.3. The van der Waals surface area contributed by atoms with Gasteiger partial charge in [-0.2, -0.15) is 0 Å². The summed E-state index contributed by atoms with van der Waals surface area (Å²) >= 11 is 15.9. The van der Waals surface area contributed by atoms with Crippen LogP contribution < -0.4 is 5.56 Å². The average molecular weight is 614 g/mol. The van der Waals surface area contributed by atoms with E-state index in [1.54, 1.807) is 22.8 Å². The first-order valence-corrected chi connectivity index (χ1v) is 14.1. The molecule has 2 heterocycles. The Hall–Kier alpha value is -2.71. The fourth-order valence-electron chi connectivity index (χ4n) is 5.21. The van der Waals surface area contributed by atoms with Gasteiger partial charge in [0.25, 0.3) is 11.5 Å². The molecular formula is C29H27BrCl2N4O2. The molecule has 1 aromatic heterocycles. The molecule has 2 atom stereocenters. The molecule has 4 aromatic rings. The van der Waals surface area contributed by atoms with Gasteiger partial charge < -0.3 is 4.90 Å². The number of amides is 1. The van der Waals surface area contributed by atoms with Crippen LogP contribution in [0, 0.1) is 0 Å². The second-order valence-electron chi connectivity index (χ2n) is 9.49. The van der Waals surface area contributed by atoms with E-state index in [-0.39, 0.29) is 23.6 Å². The van der Waals surface area contributed by atoms with Gasteiger partial charge in [-0.15, -0.1) is 0 Å². The van der Waals surface area contributed by atoms with Gasteiger partial charge in [0.1, 0.15) is 5.82 Å². The molecule has 0 radical (unpaired) electrons. The van der Waals surface area contributed by atoms with Gasteiger partial charge in [0.2, 0.25) is 0 Å². The largest absolute Gasteiger partial charge is 0.333 e. The molecule has 38 heavy (non-hydrogen) atoms. The molecule has 6 nitrogen and oxygen atoms in total. The van der Waals surface area contributed by atoms with Gasteiger partial charge in [0.05, 0.1) is 33.2 Å². The lowest BCUT2D eigenvalue weighted by Crippen LogP contribution is -2.55. The number of carbonyl (C=O) groups is 1. The van der Waals surface area contributed by atoms with Crippen molar-refractivity contribution in [2.45, 2.75) is 32.4 Å². The van der Waals surface area contributed by atoms with E-state index >= 15 is 0 Å². The van der Waals surface area contributed by atoms with E-state index in [2.05, 4.69) is 27.8 Å². The van der Waals surface area contributed by atoms with Crippen LogP contribution >= 0.6 is 39.1 Å². The Balaban J connectivity index is 1.50. The summed E-state index contributed by atoms with van der Waals surface area (Å²) in [5, 5.41) is 1.43. The summed E-state index contributed by atoms with van der Waals surface area (Å²) in [6.07, 6.45) is 0.755. The zero-order chi connectivity index (χ0) is 27.0. The van der Waals surface area contributed by atoms with Crippen molar-refractivity contribution < 1.29 is 4.79 Å². The van der Waals surface area contributed by atoms with Crippen molar-refractivity contribution >= 4 is 55.9 Å². The zero-order valence-electron chi connectivity index (χ0n) is 21.1. The predicted octanol–water partition coefficient (Wildman–Crippen LogP) is 6.75. The van der Waals surface area contributed by atoms with Crippen LogP contribution in [0.3, 0.4) is 0 Å². The highest BCUT2D eigenvalue weighted by atomic mass is 79.9. The second kappa shape index (κ2) is 11.2. The van der Waals surface area contributed by atoms with Gasteiger partial charge in [-0.1, -0.05) is 58.2 Å². The number of benzene rings is 3. The third kappa shape index (κ3) is 5.13. The van der Waals surface area contributed by atoms with Crippen LogP contribution in [0.25, 0.3) is 16.6 Å². The highest BCUT2D eigenvalue weighted by molar-refractivity contribution is 9.10. The number of piperazine rings is 1. The Morgan fingerprint density at radius 1 is 1.08 bits per heavy atom. The fourth-order valence-corrected chi connectivity index (χ4v) is 5.96. The minimum Gasteiger partial charge on any atom is -0.333 e. The lowest BCUT2D eigenvalue weighted by molar-refractivity contribution is 0.0364. The molecule has 9 heteroatoms. The maximum atomic E-state index is 13.8. The van der Waals surface area contributed by atoms with Gasteiger partial charge in [-0.25, -0.2) is 4.98 Å². The van der Waals surface area contributed by atoms with Crippen LogP contribution in [0.15, 0.2) is 76.0 Å². The van der Waals surface area contributed by atoms with E-state index in [4.69, 9.17) is 28.2 Å². The molecule has 3 aromatic carbocycles. The lowest BCUT2D eigenvalue weighted by Gasteiger charge is -2.43. The van der Waals surface area contributed by atoms with Crippen molar-refractivity contribution in [2.24, 2.45) is 0 Å². The molecule has 1 aliphatic heterocycles. The van der Waals surface area contributed by atoms with Crippen LogP contribution in [-0.2, 0) is 0 Å². The van der Waals surface area contributed by atoms with E-state index in [0.717, 1.165) is 16.6 Å². The molecule has 2 unspecified atom stereocenters. The number of rotatable bonds is 5. The van der Waals surface area contributed by atoms with E-state index in [9.17, 15) is 9.59 Å². The lowest BCUT2D eigenvalue weighted by atomic mass is 10.1. The molecule has 196 valence electrons. The molecule has 0 N–H and O–H groups in total. The fraction of sp³-hybridized carbons (Fsp3) is 0.276. The standard InChI is InChI=1S/C29H27BrCl2N4O2/c1-3-26(34-14-15-35(18(2)17-34)28(37)22-13-10-20(31)16-24(22)32)27-33-25-7-5-4-6-23(25)29(38)36(27)21-11-8-19(30)9-12-21/h4-13,16,18,26H,3,14-15,17H2,1-2H3. The van der Waals surface area contributed by atoms with Crippen LogP contribution in [-0.4, -0.2) is 50.9 Å². The van der Waals surface area contributed by atoms with Crippen molar-refractivity contribution in [1.29, 1.82) is 0 Å². The summed E-state index contributed by atoms with van der Waals surface area (Å²) in [4.78, 5) is 36.3. The Bertz CT molecular complexity index is 1560. The zero-order valence-corrected chi connectivity index (χ0v) is 24.2. The van der Waals surface area contributed by atoms with Crippen LogP contribution in [0.4, 0.5) is 0 Å². The normalized spacial score (nSPS) is 17.1. The summed E-state index contributed by atoms with van der Waals surface area (Å²) in [6.45, 7) is 5.96. The third-order valence-electron chi connectivity index (χ3n) is 7.09. The average Bonchev–Trinajstić information content (AvgIpc) is 2.90. The van der Waals surface area contributed by atoms with Crippen molar-refractivity contribution in [2.75, 3.05) is 19.6 Å². The van der Waals surface area contributed by atoms with Gasteiger partial charge >= 0.3 is 0 Å². The molecule has 5 rings (SSSR count). The number of fused-ring (bicyclic) bond motifs is 1. The van der Waals surface area contributed by atoms with Crippen molar-refractivity contribution in [3.8, 4) is 5.69 Å². The Morgan fingerprint density at radius 3 is 2.50 bits per heavy atom. The van der Waals surface area contributed by atoms with Gasteiger partial charge in [0, 0.05) is 35.2 Å². The third-order valence-corrected chi connectivity index (χ3v) is 8.17. The van der Waals surface area contributed by atoms with Crippen molar-refractivity contribution in [1.82, 2.24) is 19.4 Å². The number of hydrogen-bond acceptors (Lipinski definition) is 4. The molecular weight excluding hydrogens is 587 g/mol.